The third kappa shape index (κ3) is 1.80. The fraction of sp³-hybridized carbons (Fsp3) is 0.0833. The summed E-state index contributed by atoms with van der Waals surface area (Å²) >= 11 is 3.43. The van der Waals surface area contributed by atoms with E-state index in [0.717, 1.165) is 15.2 Å². The number of carbonyl (C=O) groups is 1. The molecular weight excluding hydrogens is 256 g/mol. The van der Waals surface area contributed by atoms with Crippen LogP contribution in [-0.2, 0) is 0 Å². The van der Waals surface area contributed by atoms with E-state index in [1.165, 1.54) is 0 Å². The predicted octanol–water partition coefficient (Wildman–Crippen LogP) is 2.78. The van der Waals surface area contributed by atoms with Crippen LogP contribution in [0.1, 0.15) is 10.4 Å². The quantitative estimate of drug-likeness (QED) is 0.848. The van der Waals surface area contributed by atoms with Crippen molar-refractivity contribution in [2.75, 3.05) is 6.61 Å². The van der Waals surface area contributed by atoms with Crippen molar-refractivity contribution in [2.45, 2.75) is 0 Å². The van der Waals surface area contributed by atoms with Crippen LogP contribution < -0.4 is 0 Å². The molecule has 76 valence electrons. The molecule has 0 fully saturated rings. The van der Waals surface area contributed by atoms with Crippen molar-refractivity contribution in [3.05, 3.63) is 46.4 Å². The van der Waals surface area contributed by atoms with Gasteiger partial charge in [0.25, 0.3) is 0 Å². The van der Waals surface area contributed by atoms with Crippen LogP contribution in [0, 0.1) is 0 Å². The van der Waals surface area contributed by atoms with Gasteiger partial charge in [0.15, 0.2) is 5.78 Å². The van der Waals surface area contributed by atoms with Crippen molar-refractivity contribution in [3.8, 4) is 0 Å². The third-order valence-corrected chi connectivity index (χ3v) is 3.00. The summed E-state index contributed by atoms with van der Waals surface area (Å²) in [5.41, 5.74) is 0.566. The number of hydrogen-bond acceptors (Lipinski definition) is 2. The number of carbonyl (C=O) groups excluding carboxylic acids is 1. The largest absolute Gasteiger partial charge is 0.388 e. The third-order valence-electron chi connectivity index (χ3n) is 2.31. The Morgan fingerprint density at radius 1 is 1.13 bits per heavy atom. The molecule has 2 aromatic rings. The molecule has 1 N–H and O–H groups in total. The first-order valence-electron chi connectivity index (χ1n) is 4.55. The van der Waals surface area contributed by atoms with Gasteiger partial charge in [0.1, 0.15) is 6.61 Å². The van der Waals surface area contributed by atoms with Gasteiger partial charge in [-0.25, -0.2) is 0 Å². The number of aliphatic hydroxyl groups excluding tert-OH is 1. The summed E-state index contributed by atoms with van der Waals surface area (Å²) in [6, 6.07) is 11.2. The lowest BCUT2D eigenvalue weighted by Crippen LogP contribution is -2.04. The van der Waals surface area contributed by atoms with Gasteiger partial charge in [-0.05, 0) is 16.8 Å². The van der Waals surface area contributed by atoms with E-state index in [-0.39, 0.29) is 5.78 Å². The molecule has 0 unspecified atom stereocenters. The molecule has 0 spiro atoms. The zero-order chi connectivity index (χ0) is 10.8. The SMILES string of the molecule is O=C(CO)c1cccc2c(Br)cccc12. The summed E-state index contributed by atoms with van der Waals surface area (Å²) in [4.78, 5) is 11.5. The molecule has 0 aromatic heterocycles. The molecule has 0 amide bonds. The van der Waals surface area contributed by atoms with E-state index in [1.807, 2.05) is 30.3 Å². The zero-order valence-corrected chi connectivity index (χ0v) is 9.49. The Hall–Kier alpha value is -1.19. The van der Waals surface area contributed by atoms with Crippen LogP contribution in [0.25, 0.3) is 10.8 Å². The van der Waals surface area contributed by atoms with Crippen LogP contribution in [0.2, 0.25) is 0 Å². The second-order valence-electron chi connectivity index (χ2n) is 3.22. The Morgan fingerprint density at radius 3 is 2.53 bits per heavy atom. The van der Waals surface area contributed by atoms with E-state index >= 15 is 0 Å². The van der Waals surface area contributed by atoms with Crippen LogP contribution in [0.15, 0.2) is 40.9 Å². The molecule has 0 aliphatic carbocycles. The van der Waals surface area contributed by atoms with Gasteiger partial charge in [-0.1, -0.05) is 46.3 Å². The average molecular weight is 265 g/mol. The maximum absolute atomic E-state index is 11.5. The van der Waals surface area contributed by atoms with Crippen molar-refractivity contribution in [2.24, 2.45) is 0 Å². The number of Topliss-reactive ketones (excluding diaryl/α,β-unsaturated/α-hetero) is 1. The zero-order valence-electron chi connectivity index (χ0n) is 7.90. The molecule has 0 radical (unpaired) electrons. The fourth-order valence-electron chi connectivity index (χ4n) is 1.60. The number of benzene rings is 2. The number of aliphatic hydroxyl groups is 1. The van der Waals surface area contributed by atoms with Crippen LogP contribution >= 0.6 is 15.9 Å². The standard InChI is InChI=1S/C12H9BrO2/c13-11-6-2-3-8-9(11)4-1-5-10(8)12(15)7-14/h1-6,14H,7H2. The lowest BCUT2D eigenvalue weighted by atomic mass is 10.0. The maximum atomic E-state index is 11.5. The van der Waals surface area contributed by atoms with Gasteiger partial charge < -0.3 is 5.11 Å². The number of hydrogen-bond donors (Lipinski definition) is 1. The molecule has 0 saturated heterocycles. The highest BCUT2D eigenvalue weighted by molar-refractivity contribution is 9.10. The van der Waals surface area contributed by atoms with Gasteiger partial charge in [-0.2, -0.15) is 0 Å². The van der Waals surface area contributed by atoms with Crippen LogP contribution in [0.4, 0.5) is 0 Å². The summed E-state index contributed by atoms with van der Waals surface area (Å²) in [5, 5.41) is 10.7. The van der Waals surface area contributed by atoms with Gasteiger partial charge in [0.2, 0.25) is 0 Å². The minimum Gasteiger partial charge on any atom is -0.388 e. The van der Waals surface area contributed by atoms with Crippen LogP contribution in [0.5, 0.6) is 0 Å². The first-order valence-corrected chi connectivity index (χ1v) is 5.34. The molecule has 0 saturated carbocycles. The average Bonchev–Trinajstić information content (AvgIpc) is 2.28. The molecule has 3 heteroatoms. The minimum absolute atomic E-state index is 0.251. The normalized spacial score (nSPS) is 10.5. The molecule has 15 heavy (non-hydrogen) atoms. The van der Waals surface area contributed by atoms with E-state index in [4.69, 9.17) is 5.11 Å². The first kappa shape index (κ1) is 10.3. The van der Waals surface area contributed by atoms with Crippen molar-refractivity contribution in [3.63, 3.8) is 0 Å². The fourth-order valence-corrected chi connectivity index (χ4v) is 2.10. The number of fused-ring (bicyclic) bond motifs is 1. The van der Waals surface area contributed by atoms with E-state index < -0.39 is 6.61 Å². The maximum Gasteiger partial charge on any atom is 0.188 e. The van der Waals surface area contributed by atoms with E-state index in [0.29, 0.717) is 5.56 Å². The van der Waals surface area contributed by atoms with Crippen molar-refractivity contribution in [1.29, 1.82) is 0 Å². The van der Waals surface area contributed by atoms with Crippen molar-refractivity contribution < 1.29 is 9.90 Å². The smallest absolute Gasteiger partial charge is 0.188 e. The van der Waals surface area contributed by atoms with Crippen LogP contribution in [0.3, 0.4) is 0 Å². The topological polar surface area (TPSA) is 37.3 Å². The van der Waals surface area contributed by atoms with E-state index in [1.54, 1.807) is 6.07 Å². The predicted molar refractivity (Wildman–Crippen MR) is 63.1 cm³/mol. The summed E-state index contributed by atoms with van der Waals surface area (Å²) in [7, 11) is 0. The summed E-state index contributed by atoms with van der Waals surface area (Å²) in [6.07, 6.45) is 0. The molecule has 2 nitrogen and oxygen atoms in total. The summed E-state index contributed by atoms with van der Waals surface area (Å²) in [6.45, 7) is -0.453. The van der Waals surface area contributed by atoms with Gasteiger partial charge in [0.05, 0.1) is 0 Å². The van der Waals surface area contributed by atoms with E-state index in [9.17, 15) is 4.79 Å². The molecule has 0 aliphatic rings. The lowest BCUT2D eigenvalue weighted by molar-refractivity contribution is 0.0905. The Balaban J connectivity index is 2.77. The molecule has 0 bridgehead atoms. The highest BCUT2D eigenvalue weighted by Crippen LogP contribution is 2.26. The Bertz CT molecular complexity index is 520. The monoisotopic (exact) mass is 264 g/mol. The molecular formula is C12H9BrO2. The number of ketones is 1. The second-order valence-corrected chi connectivity index (χ2v) is 4.08. The molecule has 0 heterocycles. The Kier molecular flexibility index (Phi) is 2.84. The first-order chi connectivity index (χ1) is 7.24. The second kappa shape index (κ2) is 4.13. The number of halogens is 1. The highest BCUT2D eigenvalue weighted by Gasteiger charge is 2.09. The minimum atomic E-state index is -0.453. The van der Waals surface area contributed by atoms with Gasteiger partial charge >= 0.3 is 0 Å². The van der Waals surface area contributed by atoms with Gasteiger partial charge in [-0.3, -0.25) is 4.79 Å². The molecule has 2 rings (SSSR count). The number of rotatable bonds is 2. The lowest BCUT2D eigenvalue weighted by Gasteiger charge is -2.05. The summed E-state index contributed by atoms with van der Waals surface area (Å²) in [5.74, 6) is -0.251. The van der Waals surface area contributed by atoms with Crippen molar-refractivity contribution >= 4 is 32.5 Å². The molecule has 0 atom stereocenters. The summed E-state index contributed by atoms with van der Waals surface area (Å²) < 4.78 is 0.951. The molecule has 0 aliphatic heterocycles. The van der Waals surface area contributed by atoms with Gasteiger partial charge in [-0.15, -0.1) is 0 Å². The van der Waals surface area contributed by atoms with E-state index in [2.05, 4.69) is 15.9 Å². The highest BCUT2D eigenvalue weighted by atomic mass is 79.9. The van der Waals surface area contributed by atoms with Crippen LogP contribution in [-0.4, -0.2) is 17.5 Å². The Morgan fingerprint density at radius 2 is 1.80 bits per heavy atom. The van der Waals surface area contributed by atoms with Gasteiger partial charge in [0, 0.05) is 10.0 Å². The molecule has 2 aromatic carbocycles. The Labute approximate surface area is 95.7 Å². The van der Waals surface area contributed by atoms with Crippen molar-refractivity contribution in [1.82, 2.24) is 0 Å².